The van der Waals surface area contributed by atoms with Gasteiger partial charge in [0.05, 0.1) is 25.7 Å². The van der Waals surface area contributed by atoms with Gasteiger partial charge in [0.25, 0.3) is 0 Å². The van der Waals surface area contributed by atoms with Crippen molar-refractivity contribution in [1.29, 1.82) is 0 Å². The van der Waals surface area contributed by atoms with Crippen molar-refractivity contribution in [2.45, 2.75) is 25.8 Å². The number of para-hydroxylation sites is 1. The molecule has 2 rings (SSSR count). The molecule has 1 aliphatic heterocycles. The Bertz CT molecular complexity index is 493. The van der Waals surface area contributed by atoms with Crippen LogP contribution in [0.5, 0.6) is 11.5 Å². The van der Waals surface area contributed by atoms with Gasteiger partial charge in [0.15, 0.2) is 11.5 Å². The quantitative estimate of drug-likeness (QED) is 0.582. The van der Waals surface area contributed by atoms with Gasteiger partial charge in [-0.05, 0) is 18.1 Å². The summed E-state index contributed by atoms with van der Waals surface area (Å²) in [5.41, 5.74) is 0.740. The predicted molar refractivity (Wildman–Crippen MR) is 74.4 cm³/mol. The molecule has 0 saturated carbocycles. The minimum atomic E-state index is -0.725. The van der Waals surface area contributed by atoms with Crippen LogP contribution in [0.4, 0.5) is 0 Å². The highest BCUT2D eigenvalue weighted by Gasteiger charge is 2.32. The number of carboxylic acids is 1. The van der Waals surface area contributed by atoms with Crippen molar-refractivity contribution in [3.63, 3.8) is 0 Å². The average Bonchev–Trinajstić information content (AvgIpc) is 2.38. The zero-order valence-corrected chi connectivity index (χ0v) is 11.7. The Morgan fingerprint density at radius 2 is 1.95 bits per heavy atom. The van der Waals surface area contributed by atoms with Gasteiger partial charge in [-0.3, -0.25) is 4.79 Å². The molecule has 0 unspecified atom stereocenters. The second kappa shape index (κ2) is 5.71. The first kappa shape index (κ1) is 14.7. The number of aromatic hydroxyl groups is 2. The molecule has 5 heteroatoms. The van der Waals surface area contributed by atoms with Crippen LogP contribution in [0.15, 0.2) is 18.2 Å². The molecule has 0 spiro atoms. The van der Waals surface area contributed by atoms with Crippen LogP contribution in [0.2, 0.25) is 0 Å². The Hall–Kier alpha value is -1.75. The predicted octanol–water partition coefficient (Wildman–Crippen LogP) is 1.93. The molecule has 3 N–H and O–H groups in total. The van der Waals surface area contributed by atoms with Crippen LogP contribution in [0.25, 0.3) is 0 Å². The molecule has 0 amide bonds. The third-order valence-corrected chi connectivity index (χ3v) is 4.27. The number of likely N-dealkylation sites (tertiary alicyclic amines) is 1. The summed E-state index contributed by atoms with van der Waals surface area (Å²) in [6, 6.07) is 5.02. The highest BCUT2D eigenvalue weighted by atomic mass is 16.4. The van der Waals surface area contributed by atoms with Gasteiger partial charge in [0, 0.05) is 19.3 Å². The molecule has 0 aromatic heterocycles. The lowest BCUT2D eigenvalue weighted by atomic mass is 9.92. The van der Waals surface area contributed by atoms with Crippen molar-refractivity contribution in [3.8, 4) is 11.5 Å². The summed E-state index contributed by atoms with van der Waals surface area (Å²) in [6.45, 7) is 2.44. The van der Waals surface area contributed by atoms with Gasteiger partial charge < -0.3 is 19.8 Å². The fourth-order valence-electron chi connectivity index (χ4n) is 2.97. The van der Waals surface area contributed by atoms with Crippen molar-refractivity contribution in [2.24, 2.45) is 5.92 Å². The Morgan fingerprint density at radius 1 is 1.30 bits per heavy atom. The fraction of sp³-hybridized carbons (Fsp3) is 0.533. The van der Waals surface area contributed by atoms with E-state index in [2.05, 4.69) is 7.05 Å². The number of benzene rings is 1. The first-order valence-electron chi connectivity index (χ1n) is 6.95. The zero-order valence-electron chi connectivity index (χ0n) is 11.7. The van der Waals surface area contributed by atoms with E-state index in [1.165, 1.54) is 6.07 Å². The maximum absolute atomic E-state index is 10.7. The van der Waals surface area contributed by atoms with Crippen LogP contribution < -0.4 is 0 Å². The third kappa shape index (κ3) is 3.42. The third-order valence-electron chi connectivity index (χ3n) is 4.27. The SMILES string of the molecule is C[N+]1(Cc2cccc(O)c2O)CCC(CC(=O)O)CC1. The van der Waals surface area contributed by atoms with E-state index in [4.69, 9.17) is 5.11 Å². The molecule has 0 aliphatic carbocycles. The van der Waals surface area contributed by atoms with E-state index in [0.717, 1.165) is 36.0 Å². The van der Waals surface area contributed by atoms with E-state index in [1.54, 1.807) is 6.07 Å². The number of aliphatic carboxylic acids is 1. The second-order valence-corrected chi connectivity index (χ2v) is 6.05. The van der Waals surface area contributed by atoms with Crippen LogP contribution in [-0.2, 0) is 11.3 Å². The summed E-state index contributed by atoms with van der Waals surface area (Å²) in [7, 11) is 2.11. The highest BCUT2D eigenvalue weighted by molar-refractivity contribution is 5.67. The van der Waals surface area contributed by atoms with E-state index < -0.39 is 5.97 Å². The minimum Gasteiger partial charge on any atom is -0.504 e. The normalized spacial score (nSPS) is 26.4. The summed E-state index contributed by atoms with van der Waals surface area (Å²) in [5.74, 6) is -0.595. The topological polar surface area (TPSA) is 77.8 Å². The summed E-state index contributed by atoms with van der Waals surface area (Å²) >= 11 is 0. The smallest absolute Gasteiger partial charge is 0.303 e. The van der Waals surface area contributed by atoms with E-state index in [0.29, 0.717) is 6.54 Å². The van der Waals surface area contributed by atoms with Gasteiger partial charge in [0.2, 0.25) is 0 Å². The molecule has 0 radical (unpaired) electrons. The molecule has 0 atom stereocenters. The number of carboxylic acid groups (broad SMARTS) is 1. The summed E-state index contributed by atoms with van der Waals surface area (Å²) in [6.07, 6.45) is 2.03. The lowest BCUT2D eigenvalue weighted by molar-refractivity contribution is -0.928. The van der Waals surface area contributed by atoms with Crippen LogP contribution in [0, 0.1) is 5.92 Å². The lowest BCUT2D eigenvalue weighted by Crippen LogP contribution is -2.49. The molecule has 0 bridgehead atoms. The van der Waals surface area contributed by atoms with Crippen molar-refractivity contribution in [1.82, 2.24) is 0 Å². The maximum Gasteiger partial charge on any atom is 0.303 e. The van der Waals surface area contributed by atoms with Crippen molar-refractivity contribution >= 4 is 5.97 Å². The first-order valence-corrected chi connectivity index (χ1v) is 6.95. The van der Waals surface area contributed by atoms with Crippen molar-refractivity contribution in [3.05, 3.63) is 23.8 Å². The van der Waals surface area contributed by atoms with Gasteiger partial charge in [-0.15, -0.1) is 0 Å². The van der Waals surface area contributed by atoms with Crippen LogP contribution in [-0.4, -0.2) is 45.9 Å². The number of phenolic OH excluding ortho intramolecular Hbond substituents is 2. The van der Waals surface area contributed by atoms with Crippen molar-refractivity contribution < 1.29 is 24.6 Å². The van der Waals surface area contributed by atoms with E-state index in [1.807, 2.05) is 6.07 Å². The van der Waals surface area contributed by atoms with Gasteiger partial charge in [0.1, 0.15) is 6.54 Å². The van der Waals surface area contributed by atoms with E-state index >= 15 is 0 Å². The number of hydrogen-bond acceptors (Lipinski definition) is 3. The fourth-order valence-corrected chi connectivity index (χ4v) is 2.97. The number of piperidine rings is 1. The van der Waals surface area contributed by atoms with Crippen LogP contribution in [0.3, 0.4) is 0 Å². The Balaban J connectivity index is 2.00. The zero-order chi connectivity index (χ0) is 14.8. The molecular formula is C15H22NO4+. The van der Waals surface area contributed by atoms with Gasteiger partial charge >= 0.3 is 5.97 Å². The van der Waals surface area contributed by atoms with Gasteiger partial charge in [-0.2, -0.15) is 0 Å². The molecule has 1 fully saturated rings. The number of rotatable bonds is 4. The summed E-state index contributed by atoms with van der Waals surface area (Å²) < 4.78 is 0.771. The van der Waals surface area contributed by atoms with Crippen molar-refractivity contribution in [2.75, 3.05) is 20.1 Å². The Labute approximate surface area is 118 Å². The number of quaternary nitrogens is 1. The lowest BCUT2D eigenvalue weighted by Gasteiger charge is -2.40. The Morgan fingerprint density at radius 3 is 2.55 bits per heavy atom. The van der Waals surface area contributed by atoms with Crippen LogP contribution in [0.1, 0.15) is 24.8 Å². The number of carbonyl (C=O) groups is 1. The molecule has 5 nitrogen and oxygen atoms in total. The minimum absolute atomic E-state index is 0.0421. The monoisotopic (exact) mass is 280 g/mol. The average molecular weight is 280 g/mol. The molecular weight excluding hydrogens is 258 g/mol. The van der Waals surface area contributed by atoms with E-state index in [9.17, 15) is 15.0 Å². The number of hydrogen-bond donors (Lipinski definition) is 3. The summed E-state index contributed by atoms with van der Waals surface area (Å²) in [5, 5.41) is 28.2. The van der Waals surface area contributed by atoms with Gasteiger partial charge in [-0.1, -0.05) is 6.07 Å². The summed E-state index contributed by atoms with van der Waals surface area (Å²) in [4.78, 5) is 10.7. The van der Waals surface area contributed by atoms with Crippen LogP contribution >= 0.6 is 0 Å². The van der Waals surface area contributed by atoms with Gasteiger partial charge in [-0.25, -0.2) is 0 Å². The largest absolute Gasteiger partial charge is 0.504 e. The molecule has 1 saturated heterocycles. The molecule has 1 heterocycles. The first-order chi connectivity index (χ1) is 9.39. The highest BCUT2D eigenvalue weighted by Crippen LogP contribution is 2.33. The van der Waals surface area contributed by atoms with E-state index in [-0.39, 0.29) is 23.8 Å². The molecule has 110 valence electrons. The number of nitrogens with zero attached hydrogens (tertiary/aromatic N) is 1. The Kier molecular flexibility index (Phi) is 4.18. The molecule has 1 aromatic carbocycles. The standard InChI is InChI=1S/C15H21NO4/c1-16(7-5-11(6-8-16)9-14(18)19)10-12-3-2-4-13(17)15(12)20/h2-4,11H,5-10H2,1H3,(H2-,17,18,19,20)/p+1. The maximum atomic E-state index is 10.7. The molecule has 1 aliphatic rings. The second-order valence-electron chi connectivity index (χ2n) is 6.05. The molecule has 20 heavy (non-hydrogen) atoms. The number of phenols is 2. The molecule has 1 aromatic rings.